The number of carbonyl (C=O) groups excluding carboxylic acids is 2. The zero-order valence-electron chi connectivity index (χ0n) is 16.5. The molecule has 29 heavy (non-hydrogen) atoms. The van der Waals surface area contributed by atoms with Crippen molar-refractivity contribution in [1.82, 2.24) is 0 Å². The van der Waals surface area contributed by atoms with E-state index in [-0.39, 0.29) is 6.42 Å². The molecule has 0 aliphatic rings. The second-order valence-corrected chi connectivity index (χ2v) is 9.13. The van der Waals surface area contributed by atoms with Crippen molar-refractivity contribution < 1.29 is 58.7 Å². The fourth-order valence-corrected chi connectivity index (χ4v) is 1.60. The monoisotopic (exact) mass is 457 g/mol. The molecule has 0 spiro atoms. The number of hydrogen-bond acceptors (Lipinski definition) is 8. The molecule has 0 N–H and O–H groups in total. The molecule has 14 heteroatoms. The summed E-state index contributed by atoms with van der Waals surface area (Å²) in [5.74, 6) is -8.84. The topological polar surface area (TPSA) is 119 Å². The average Bonchev–Trinajstić information content (AvgIpc) is 2.46. The number of alkyl halides is 5. The molecule has 0 amide bonds. The van der Waals surface area contributed by atoms with Gasteiger partial charge in [0, 0.05) is 0 Å². The highest BCUT2D eigenvalue weighted by atomic mass is 32.2. The van der Waals surface area contributed by atoms with Crippen LogP contribution >= 0.6 is 0 Å². The minimum Gasteiger partial charge on any atom is -0.743 e. The molecule has 0 rings (SSSR count). The van der Waals surface area contributed by atoms with Gasteiger partial charge in [-0.1, -0.05) is 6.92 Å². The predicted molar refractivity (Wildman–Crippen MR) is 85.4 cm³/mol. The van der Waals surface area contributed by atoms with Gasteiger partial charge >= 0.3 is 29.2 Å². The first kappa shape index (κ1) is 27.5. The van der Waals surface area contributed by atoms with Crippen molar-refractivity contribution in [3.63, 3.8) is 0 Å². The summed E-state index contributed by atoms with van der Waals surface area (Å²) in [6.45, 7) is 4.33. The molecule has 1 unspecified atom stereocenters. The Hall–Kier alpha value is -1.54. The van der Waals surface area contributed by atoms with Gasteiger partial charge in [0.25, 0.3) is 0 Å². The average molecular weight is 457 g/mol. The summed E-state index contributed by atoms with van der Waals surface area (Å²) >= 11 is 0. The molecule has 0 radical (unpaired) electrons. The lowest BCUT2D eigenvalue weighted by Crippen LogP contribution is -2.61. The van der Waals surface area contributed by atoms with Gasteiger partial charge in [0.15, 0.2) is 10.1 Å². The number of rotatable bonds is 8. The molecule has 0 aliphatic carbocycles. The van der Waals surface area contributed by atoms with Crippen LogP contribution in [0.3, 0.4) is 0 Å². The molecule has 1 atom stereocenters. The maximum absolute atomic E-state index is 13.7. The third-order valence-electron chi connectivity index (χ3n) is 3.52. The highest BCUT2D eigenvalue weighted by Gasteiger charge is 2.69. The number of halogens is 5. The van der Waals surface area contributed by atoms with Crippen LogP contribution in [0.25, 0.3) is 0 Å². The van der Waals surface area contributed by atoms with E-state index in [9.17, 15) is 44.5 Å². The van der Waals surface area contributed by atoms with E-state index in [4.69, 9.17) is 0 Å². The van der Waals surface area contributed by atoms with Crippen LogP contribution < -0.4 is 0 Å². The van der Waals surface area contributed by atoms with Gasteiger partial charge in [-0.3, -0.25) is 4.79 Å². The zero-order chi connectivity index (χ0) is 23.7. The van der Waals surface area contributed by atoms with Gasteiger partial charge in [-0.05, 0) is 41.0 Å². The van der Waals surface area contributed by atoms with Gasteiger partial charge < -0.3 is 18.8 Å². The Balaban J connectivity index is 6.42. The molecule has 0 aromatic rings. The predicted octanol–water partition coefficient (Wildman–Crippen LogP) is 2.72. The van der Waals surface area contributed by atoms with Crippen LogP contribution in [0.15, 0.2) is 0 Å². The summed E-state index contributed by atoms with van der Waals surface area (Å²) in [4.78, 5) is 24.4. The third-order valence-corrected chi connectivity index (χ3v) is 4.37. The quantitative estimate of drug-likeness (QED) is 0.236. The molecule has 0 aromatic heterocycles. The molecule has 0 saturated carbocycles. The molecule has 0 bridgehead atoms. The van der Waals surface area contributed by atoms with Crippen LogP contribution in [0.2, 0.25) is 0 Å². The van der Waals surface area contributed by atoms with E-state index < -0.39 is 56.9 Å². The Labute approximate surface area is 164 Å². The van der Waals surface area contributed by atoms with Crippen LogP contribution in [0.5, 0.6) is 0 Å². The van der Waals surface area contributed by atoms with Gasteiger partial charge in [0.05, 0.1) is 5.41 Å². The minimum atomic E-state index is -6.46. The summed E-state index contributed by atoms with van der Waals surface area (Å²) < 4.78 is 112. The highest BCUT2D eigenvalue weighted by molar-refractivity contribution is 7.86. The fourth-order valence-electron chi connectivity index (χ4n) is 1.40. The van der Waals surface area contributed by atoms with Gasteiger partial charge in [0.2, 0.25) is 0 Å². The van der Waals surface area contributed by atoms with Gasteiger partial charge in [-0.2, -0.15) is 22.0 Å². The Morgan fingerprint density at radius 3 is 1.66 bits per heavy atom. The second-order valence-electron chi connectivity index (χ2n) is 7.62. The number of carbonyl (C=O) groups is 2. The molecule has 0 aromatic carbocycles. The maximum atomic E-state index is 13.7. The Morgan fingerprint density at radius 1 is 0.897 bits per heavy atom. The summed E-state index contributed by atoms with van der Waals surface area (Å²) in [7, 11) is -6.46. The Kier molecular flexibility index (Phi) is 7.86. The van der Waals surface area contributed by atoms with Crippen LogP contribution in [0.1, 0.15) is 48.0 Å². The molecule has 0 saturated heterocycles. The lowest BCUT2D eigenvalue weighted by Gasteiger charge is -2.37. The van der Waals surface area contributed by atoms with Crippen LogP contribution in [-0.2, 0) is 33.9 Å². The minimum absolute atomic E-state index is 0.0841. The lowest BCUT2D eigenvalue weighted by molar-refractivity contribution is -0.365. The molecule has 172 valence electrons. The second kappa shape index (κ2) is 8.30. The van der Waals surface area contributed by atoms with Crippen LogP contribution in [-0.4, -0.2) is 54.3 Å². The van der Waals surface area contributed by atoms with Crippen LogP contribution in [0, 0.1) is 5.41 Å². The smallest absolute Gasteiger partial charge is 0.468 e. The van der Waals surface area contributed by atoms with E-state index in [2.05, 4.69) is 14.2 Å². The van der Waals surface area contributed by atoms with E-state index in [1.807, 2.05) is 0 Å². The molecule has 0 aliphatic heterocycles. The van der Waals surface area contributed by atoms with E-state index in [1.165, 1.54) is 6.92 Å². The third kappa shape index (κ3) is 6.74. The van der Waals surface area contributed by atoms with Crippen molar-refractivity contribution in [2.75, 3.05) is 6.61 Å². The summed E-state index contributed by atoms with van der Waals surface area (Å²) in [5.41, 5.74) is -3.23. The summed E-state index contributed by atoms with van der Waals surface area (Å²) in [6.07, 6.45) is -6.06. The standard InChI is InChI=1S/C15H23F5O8S/c1-7-12(5,6)9(21)28-14(15(18,19)20,10(22)27-11(2,3)4)26-8-13(16,17)29(23,24)25/h7-8H2,1-6H3,(H,23,24,25)/p-1. The van der Waals surface area contributed by atoms with E-state index in [0.717, 1.165) is 34.6 Å². The maximum Gasteiger partial charge on any atom is 0.468 e. The van der Waals surface area contributed by atoms with Crippen molar-refractivity contribution in [3.8, 4) is 0 Å². The van der Waals surface area contributed by atoms with Gasteiger partial charge in [0.1, 0.15) is 12.2 Å². The van der Waals surface area contributed by atoms with Gasteiger partial charge in [-0.25, -0.2) is 13.2 Å². The van der Waals surface area contributed by atoms with E-state index in [1.54, 1.807) is 0 Å². The highest BCUT2D eigenvalue weighted by Crippen LogP contribution is 2.40. The van der Waals surface area contributed by atoms with E-state index >= 15 is 0 Å². The molecular formula is C15H22F5O8S-. The SMILES string of the molecule is CCC(C)(C)C(=O)OC(OCC(F)(F)S(=O)(=O)[O-])(C(=O)OC(C)(C)C)C(F)(F)F. The largest absolute Gasteiger partial charge is 0.743 e. The number of esters is 2. The van der Waals surface area contributed by atoms with Crippen molar-refractivity contribution in [3.05, 3.63) is 0 Å². The summed E-state index contributed by atoms with van der Waals surface area (Å²) in [6, 6.07) is 0. The molecule has 0 heterocycles. The Bertz CT molecular complexity index is 724. The first-order valence-electron chi connectivity index (χ1n) is 8.03. The molecule has 0 fully saturated rings. The first-order valence-corrected chi connectivity index (χ1v) is 9.44. The van der Waals surface area contributed by atoms with Crippen molar-refractivity contribution >= 4 is 22.1 Å². The molecule has 8 nitrogen and oxygen atoms in total. The number of ether oxygens (including phenoxy) is 3. The Morgan fingerprint density at radius 2 is 1.34 bits per heavy atom. The number of hydrogen-bond donors (Lipinski definition) is 0. The van der Waals surface area contributed by atoms with Crippen molar-refractivity contribution in [2.45, 2.75) is 70.8 Å². The molecular weight excluding hydrogens is 435 g/mol. The first-order chi connectivity index (χ1) is 12.5. The van der Waals surface area contributed by atoms with Gasteiger partial charge in [-0.15, -0.1) is 0 Å². The fraction of sp³-hybridized carbons (Fsp3) is 0.867. The van der Waals surface area contributed by atoms with Crippen molar-refractivity contribution in [1.29, 1.82) is 0 Å². The normalized spacial score (nSPS) is 16.1. The lowest BCUT2D eigenvalue weighted by atomic mass is 9.90. The van der Waals surface area contributed by atoms with Crippen LogP contribution in [0.4, 0.5) is 22.0 Å². The zero-order valence-corrected chi connectivity index (χ0v) is 17.3. The van der Waals surface area contributed by atoms with E-state index in [0.29, 0.717) is 0 Å². The van der Waals surface area contributed by atoms with Crippen molar-refractivity contribution in [2.24, 2.45) is 5.41 Å². The summed E-state index contributed by atoms with van der Waals surface area (Å²) in [5, 5.41) is -5.36.